The van der Waals surface area contributed by atoms with Crippen molar-refractivity contribution in [1.82, 2.24) is 30.6 Å². The fourth-order valence-corrected chi connectivity index (χ4v) is 5.27. The van der Waals surface area contributed by atoms with Gasteiger partial charge in [0, 0.05) is 72.9 Å². The third kappa shape index (κ3) is 33.1. The molecule has 0 spiro atoms. The number of rotatable bonds is 5. The zero-order valence-corrected chi connectivity index (χ0v) is 45.9. The van der Waals surface area contributed by atoms with Gasteiger partial charge in [0.1, 0.15) is 6.61 Å². The van der Waals surface area contributed by atoms with Crippen LogP contribution in [0.1, 0.15) is 102 Å². The van der Waals surface area contributed by atoms with E-state index < -0.39 is 11.9 Å². The monoisotopic (exact) mass is 1140 g/mol. The molecule has 71 heavy (non-hydrogen) atoms. The Bertz CT molecular complexity index is 2100. The predicted octanol–water partition coefficient (Wildman–Crippen LogP) is 1.42. The molecule has 0 aliphatic carbocycles. The summed E-state index contributed by atoms with van der Waals surface area (Å²) in [5, 5.41) is 21.1. The van der Waals surface area contributed by atoms with Gasteiger partial charge >= 0.3 is 47.5 Å². The molecule has 385 valence electrons. The molecule has 12 N–H and O–H groups in total. The number of pyridine rings is 4. The number of hydrogen-bond donors (Lipinski definition) is 8. The summed E-state index contributed by atoms with van der Waals surface area (Å²) in [6, 6.07) is 13.2. The molecule has 8 heterocycles. The van der Waals surface area contributed by atoms with Crippen LogP contribution in [0.3, 0.4) is 0 Å². The molecule has 2 fully saturated rings. The molecule has 21 nitrogen and oxygen atoms in total. The molecule has 0 atom stereocenters. The van der Waals surface area contributed by atoms with E-state index in [0.717, 1.165) is 43.7 Å². The van der Waals surface area contributed by atoms with Gasteiger partial charge in [0.25, 0.3) is 11.8 Å². The van der Waals surface area contributed by atoms with Crippen molar-refractivity contribution < 1.29 is 77.6 Å². The standard InChI is InChI=1S/C9H12N4OS.C8H10N2O2.C7H3NO3.C7H5NO2.C4H8O.C4H7O.CH2Cl2.CH4N2S.CH5N.CH4.B.BrH.Na/c1-12-8(14)6-3-2-4-13-7(6)5-15-9(10)11;1-9-8(12)6-3-2-4-10-7(6)5-11;9-6-4-2-1-3-8-5(4)7(10)11-6;9-7-5-2-1-3-8-6(5)4-10-7;2*1-2-4-5-3-1;2-1-3;2-1(3)4;1-2;;;;/h2-4H,5H2,1H3,(H3,10,11)(H,12,14);2-4,11H,5H2,1H3,(H,9,12);1-3H;1-3H,4H2;1-4H2;3H,1-2,4H2;1H2;(H4,2,3,4);2H2,1H3;1H4;;1H;/q;;;;;-1;;;;;;;+1. The van der Waals surface area contributed by atoms with Crippen molar-refractivity contribution in [1.29, 1.82) is 5.41 Å². The van der Waals surface area contributed by atoms with Crippen LogP contribution in [0.15, 0.2) is 73.3 Å². The van der Waals surface area contributed by atoms with E-state index in [-0.39, 0.29) is 114 Å². The van der Waals surface area contributed by atoms with Crippen LogP contribution in [0, 0.1) is 12.0 Å². The third-order valence-electron chi connectivity index (χ3n) is 7.62. The molecule has 2 saturated heterocycles. The van der Waals surface area contributed by atoms with Gasteiger partial charge in [0.05, 0.1) is 51.3 Å². The Balaban J connectivity index is -0.000000240. The van der Waals surface area contributed by atoms with Crippen molar-refractivity contribution >= 4 is 113 Å². The number of carbonyl (C=O) groups excluding carboxylic acids is 5. The molecule has 28 heteroatoms. The fraction of sp³-hybridized carbons (Fsp3) is 0.349. The van der Waals surface area contributed by atoms with Crippen LogP contribution in [0.2, 0.25) is 0 Å². The van der Waals surface area contributed by atoms with Crippen molar-refractivity contribution in [3.63, 3.8) is 0 Å². The van der Waals surface area contributed by atoms with Crippen LogP contribution in [-0.2, 0) is 37.9 Å². The van der Waals surface area contributed by atoms with E-state index in [1.165, 1.54) is 51.8 Å². The number of carbonyl (C=O) groups is 5. The molecular formula is C43H61BBrCl2N11NaO10S2. The Labute approximate surface area is 468 Å². The molecule has 0 saturated carbocycles. The van der Waals surface area contributed by atoms with Gasteiger partial charge in [-0.25, -0.2) is 26.0 Å². The average Bonchev–Trinajstić information content (AvgIpc) is 4.22. The molecule has 0 aromatic carbocycles. The maximum Gasteiger partial charge on any atom is 1.00 e. The molecule has 3 radical (unpaired) electrons. The minimum Gasteiger partial charge on any atom is -0.552 e. The number of aliphatic hydroxyl groups excluding tert-OH is 1. The van der Waals surface area contributed by atoms with Crippen LogP contribution >= 0.6 is 64.2 Å². The third-order valence-corrected chi connectivity index (χ3v) is 8.35. The van der Waals surface area contributed by atoms with Crippen LogP contribution in [0.25, 0.3) is 0 Å². The van der Waals surface area contributed by atoms with Gasteiger partial charge in [0.2, 0.25) is 0 Å². The summed E-state index contributed by atoms with van der Waals surface area (Å²) in [4.78, 5) is 70.5. The Hall–Kier alpha value is -4.38. The zero-order chi connectivity index (χ0) is 50.4. The second-order valence-corrected chi connectivity index (χ2v) is 14.4. The van der Waals surface area contributed by atoms with Crippen molar-refractivity contribution in [2.45, 2.75) is 52.1 Å². The van der Waals surface area contributed by atoms with Gasteiger partial charge < -0.3 is 57.6 Å². The number of hydrogen-bond acceptors (Lipinski definition) is 18. The summed E-state index contributed by atoms with van der Waals surface area (Å²) in [7, 11) is 4.60. The van der Waals surface area contributed by atoms with Gasteiger partial charge in [-0.3, -0.25) is 30.0 Å². The first-order chi connectivity index (χ1) is 32.2. The Kier molecular flexibility index (Phi) is 51.0. The number of thiocarbonyl (C=S) groups is 1. The number of ether oxygens (including phenoxy) is 4. The number of amides is 2. The molecule has 4 aromatic rings. The van der Waals surface area contributed by atoms with E-state index in [0.29, 0.717) is 40.4 Å². The second kappa shape index (κ2) is 47.9. The summed E-state index contributed by atoms with van der Waals surface area (Å²) >= 11 is 14.8. The quantitative estimate of drug-likeness (QED) is 0.0205. The van der Waals surface area contributed by atoms with Crippen LogP contribution in [-0.4, -0.2) is 120 Å². The molecular weight excluding hydrogens is 1080 g/mol. The summed E-state index contributed by atoms with van der Waals surface area (Å²) < 4.78 is 18.8. The average molecular weight is 1140 g/mol. The molecule has 8 rings (SSSR count). The number of nitrogens with one attached hydrogen (secondary N) is 3. The van der Waals surface area contributed by atoms with E-state index in [2.05, 4.69) is 64.7 Å². The molecule has 4 aliphatic heterocycles. The number of esters is 3. The number of nitrogens with zero attached hydrogens (tertiary/aromatic N) is 4. The number of aliphatic hydroxyl groups is 1. The molecule has 0 bridgehead atoms. The molecule has 4 aliphatic rings. The van der Waals surface area contributed by atoms with Crippen molar-refractivity contribution in [2.75, 3.05) is 46.3 Å². The van der Waals surface area contributed by atoms with Crippen molar-refractivity contribution in [3.05, 3.63) is 125 Å². The van der Waals surface area contributed by atoms with Gasteiger partial charge in [-0.15, -0.1) is 40.2 Å². The number of thioether (sulfide) groups is 1. The Morgan fingerprint density at radius 2 is 1.28 bits per heavy atom. The van der Waals surface area contributed by atoms with Crippen molar-refractivity contribution in [3.8, 4) is 0 Å². The number of alkyl halides is 2. The van der Waals surface area contributed by atoms with E-state index in [4.69, 9.17) is 53.7 Å². The number of amidine groups is 1. The minimum atomic E-state index is -0.661. The number of halogens is 3. The number of aromatic nitrogens is 4. The number of nitrogens with two attached hydrogens (primary N) is 4. The van der Waals surface area contributed by atoms with Gasteiger partial charge in [-0.2, -0.15) is 6.42 Å². The summed E-state index contributed by atoms with van der Waals surface area (Å²) in [6.07, 6.45) is 11.2. The first kappa shape index (κ1) is 75.6. The topological polar surface area (TPSA) is 346 Å². The Morgan fingerprint density at radius 3 is 1.69 bits per heavy atom. The molecule has 4 aromatic heterocycles. The fourth-order valence-electron chi connectivity index (χ4n) is 4.74. The van der Waals surface area contributed by atoms with E-state index in [1.807, 2.05) is 6.61 Å². The van der Waals surface area contributed by atoms with Gasteiger partial charge in [-0.1, -0.05) is 25.6 Å². The smallest absolute Gasteiger partial charge is 0.552 e. The van der Waals surface area contributed by atoms with Gasteiger partial charge in [-0.05, 0) is 80.6 Å². The molecule has 0 unspecified atom stereocenters. The minimum absolute atomic E-state index is 0. The SMILES string of the molecule is Br.C.C1CCOC1.CN.CNC(=O)c1cccnc1CO.CNC(=O)c1cccnc1CSC(=N)N.ClCCl.NC(N)=S.O=C1OC(=O)c2ncccc21.O=C1OCc2ncccc21.[B].[CH-]1CCCO1.[Na+]. The van der Waals surface area contributed by atoms with E-state index in [1.54, 1.807) is 61.9 Å². The molecule has 2 amide bonds. The maximum atomic E-state index is 11.4. The van der Waals surface area contributed by atoms with E-state index >= 15 is 0 Å². The first-order valence-corrected chi connectivity index (χ1v) is 22.2. The largest absolute Gasteiger partial charge is 1.00 e. The number of cyclic esters (lactones) is 3. The van der Waals surface area contributed by atoms with Crippen molar-refractivity contribution in [2.24, 2.45) is 22.9 Å². The Morgan fingerprint density at radius 1 is 0.803 bits per heavy atom. The second-order valence-electron chi connectivity index (χ2n) is 12.1. The summed E-state index contributed by atoms with van der Waals surface area (Å²) in [5.41, 5.74) is 22.6. The van der Waals surface area contributed by atoms with E-state index in [9.17, 15) is 24.0 Å². The summed E-state index contributed by atoms with van der Waals surface area (Å²) in [6.45, 7) is 4.92. The number of fused-ring (bicyclic) bond motifs is 2. The maximum absolute atomic E-state index is 11.4. The summed E-state index contributed by atoms with van der Waals surface area (Å²) in [5.74, 6) is -1.51. The normalized spacial score (nSPS) is 12.0. The van der Waals surface area contributed by atoms with Gasteiger partial charge in [0.15, 0.2) is 16.0 Å². The predicted molar refractivity (Wildman–Crippen MR) is 282 cm³/mol. The van der Waals surface area contributed by atoms with Crippen LogP contribution in [0.4, 0.5) is 0 Å². The first-order valence-electron chi connectivity index (χ1n) is 19.7. The van der Waals surface area contributed by atoms with Crippen LogP contribution in [0.5, 0.6) is 0 Å². The van der Waals surface area contributed by atoms with Crippen LogP contribution < -0.4 is 63.1 Å². The zero-order valence-electron chi connectivity index (χ0n) is 39.1.